The summed E-state index contributed by atoms with van der Waals surface area (Å²) in [6.45, 7) is 9.64. The number of hydrogen-bond acceptors (Lipinski definition) is 7. The Labute approximate surface area is 172 Å². The third-order valence-electron chi connectivity index (χ3n) is 4.38. The number of rotatable bonds is 7. The SMILES string of the molecule is CC.COC(=O)C(O)c1c(C)nc(NCc2ccc(OC)cc2)c(C(C)=N)c1C. The molecule has 1 atom stereocenters. The third-order valence-corrected chi connectivity index (χ3v) is 4.38. The molecule has 7 heteroatoms. The van der Waals surface area contributed by atoms with Crippen molar-refractivity contribution in [1.82, 2.24) is 4.98 Å². The van der Waals surface area contributed by atoms with Gasteiger partial charge in [-0.05, 0) is 44.0 Å². The summed E-state index contributed by atoms with van der Waals surface area (Å²) in [6.07, 6.45) is -1.43. The summed E-state index contributed by atoms with van der Waals surface area (Å²) in [5, 5.41) is 21.7. The summed E-state index contributed by atoms with van der Waals surface area (Å²) >= 11 is 0. The van der Waals surface area contributed by atoms with Crippen LogP contribution in [-0.4, -0.2) is 36.0 Å². The molecule has 0 aliphatic heterocycles. The molecule has 0 saturated heterocycles. The second-order valence-corrected chi connectivity index (χ2v) is 6.21. The largest absolute Gasteiger partial charge is 0.497 e. The average molecular weight is 402 g/mol. The minimum Gasteiger partial charge on any atom is -0.497 e. The summed E-state index contributed by atoms with van der Waals surface area (Å²) in [6, 6.07) is 7.63. The van der Waals surface area contributed by atoms with Gasteiger partial charge in [0.15, 0.2) is 6.10 Å². The molecular formula is C22H31N3O4. The lowest BCUT2D eigenvalue weighted by atomic mass is 9.95. The lowest BCUT2D eigenvalue weighted by Gasteiger charge is -2.20. The van der Waals surface area contributed by atoms with E-state index in [0.29, 0.717) is 34.7 Å². The molecule has 0 radical (unpaired) electrons. The number of aryl methyl sites for hydroxylation is 1. The van der Waals surface area contributed by atoms with Crippen molar-refractivity contribution in [2.75, 3.05) is 19.5 Å². The van der Waals surface area contributed by atoms with E-state index in [4.69, 9.17) is 10.1 Å². The highest BCUT2D eigenvalue weighted by Crippen LogP contribution is 2.29. The first-order valence-corrected chi connectivity index (χ1v) is 9.49. The number of aliphatic hydroxyl groups is 1. The molecule has 7 nitrogen and oxygen atoms in total. The third kappa shape index (κ3) is 5.77. The lowest BCUT2D eigenvalue weighted by molar-refractivity contribution is -0.150. The van der Waals surface area contributed by atoms with Crippen molar-refractivity contribution >= 4 is 17.5 Å². The quantitative estimate of drug-likeness (QED) is 0.479. The Morgan fingerprint density at radius 3 is 2.28 bits per heavy atom. The van der Waals surface area contributed by atoms with E-state index in [9.17, 15) is 9.90 Å². The molecule has 0 bridgehead atoms. The molecule has 2 aromatic rings. The van der Waals surface area contributed by atoms with Crippen molar-refractivity contribution in [3.8, 4) is 5.75 Å². The van der Waals surface area contributed by atoms with Gasteiger partial charge in [0.2, 0.25) is 0 Å². The van der Waals surface area contributed by atoms with Crippen LogP contribution in [0.4, 0.5) is 5.82 Å². The van der Waals surface area contributed by atoms with E-state index in [2.05, 4.69) is 15.0 Å². The topological polar surface area (TPSA) is 105 Å². The standard InChI is InChI=1S/C20H25N3O4.C2H6/c1-11-16(12(2)21)19(22-10-14-6-8-15(26-4)9-7-14)23-13(3)17(11)18(24)20(25)27-5;1-2/h6-9,18,21,24H,10H2,1-5H3,(H,22,23);1-2H3. The van der Waals surface area contributed by atoms with Gasteiger partial charge >= 0.3 is 5.97 Å². The molecule has 1 aromatic heterocycles. The number of carbonyl (C=O) groups excluding carboxylic acids is 1. The Hall–Kier alpha value is -2.93. The summed E-state index contributed by atoms with van der Waals surface area (Å²) in [5.74, 6) is 0.561. The molecule has 0 aliphatic rings. The van der Waals surface area contributed by atoms with Gasteiger partial charge < -0.3 is 25.3 Å². The highest BCUT2D eigenvalue weighted by Gasteiger charge is 2.26. The van der Waals surface area contributed by atoms with Gasteiger partial charge in [-0.3, -0.25) is 0 Å². The molecule has 0 saturated carbocycles. The Bertz CT molecular complexity index is 848. The van der Waals surface area contributed by atoms with Gasteiger partial charge in [-0.15, -0.1) is 0 Å². The number of carbonyl (C=O) groups is 1. The number of methoxy groups -OCH3 is 2. The van der Waals surface area contributed by atoms with Crippen molar-refractivity contribution in [3.05, 3.63) is 52.2 Å². The Kier molecular flexibility index (Phi) is 9.28. The van der Waals surface area contributed by atoms with Crippen LogP contribution in [0.5, 0.6) is 5.75 Å². The molecule has 0 aliphatic carbocycles. The molecule has 1 aromatic carbocycles. The molecule has 1 heterocycles. The Balaban J connectivity index is 0.00000204. The van der Waals surface area contributed by atoms with Gasteiger partial charge in [-0.1, -0.05) is 26.0 Å². The van der Waals surface area contributed by atoms with E-state index < -0.39 is 12.1 Å². The minimum atomic E-state index is -1.43. The van der Waals surface area contributed by atoms with Crippen molar-refractivity contribution in [2.24, 2.45) is 0 Å². The van der Waals surface area contributed by atoms with Crippen LogP contribution in [0.15, 0.2) is 24.3 Å². The van der Waals surface area contributed by atoms with Crippen LogP contribution in [0.1, 0.15) is 54.8 Å². The van der Waals surface area contributed by atoms with E-state index in [0.717, 1.165) is 11.3 Å². The van der Waals surface area contributed by atoms with E-state index in [-0.39, 0.29) is 5.71 Å². The van der Waals surface area contributed by atoms with Gasteiger partial charge in [0.05, 0.1) is 14.2 Å². The first-order valence-electron chi connectivity index (χ1n) is 9.49. The number of nitrogens with one attached hydrogen (secondary N) is 2. The van der Waals surface area contributed by atoms with Crippen LogP contribution >= 0.6 is 0 Å². The first kappa shape index (κ1) is 24.1. The highest BCUT2D eigenvalue weighted by atomic mass is 16.5. The predicted octanol–water partition coefficient (Wildman–Crippen LogP) is 3.94. The van der Waals surface area contributed by atoms with Crippen molar-refractivity contribution < 1.29 is 19.4 Å². The summed E-state index contributed by atoms with van der Waals surface area (Å²) in [7, 11) is 2.84. The van der Waals surface area contributed by atoms with E-state index in [1.165, 1.54) is 7.11 Å². The number of aromatic nitrogens is 1. The highest BCUT2D eigenvalue weighted by molar-refractivity contribution is 6.02. The zero-order valence-corrected chi connectivity index (χ0v) is 18.2. The zero-order valence-electron chi connectivity index (χ0n) is 18.2. The number of pyridine rings is 1. The second-order valence-electron chi connectivity index (χ2n) is 6.21. The summed E-state index contributed by atoms with van der Waals surface area (Å²) < 4.78 is 9.79. The maximum absolute atomic E-state index is 11.8. The van der Waals surface area contributed by atoms with E-state index in [1.54, 1.807) is 27.9 Å². The molecule has 158 valence electrons. The second kappa shape index (κ2) is 11.2. The molecule has 2 rings (SSSR count). The Morgan fingerprint density at radius 2 is 1.79 bits per heavy atom. The van der Waals surface area contributed by atoms with E-state index in [1.807, 2.05) is 38.1 Å². The smallest absolute Gasteiger partial charge is 0.339 e. The van der Waals surface area contributed by atoms with Gasteiger partial charge in [-0.25, -0.2) is 9.78 Å². The molecule has 0 spiro atoms. The van der Waals surface area contributed by atoms with Gasteiger partial charge in [-0.2, -0.15) is 0 Å². The maximum atomic E-state index is 11.8. The number of benzene rings is 1. The fourth-order valence-corrected chi connectivity index (χ4v) is 3.02. The minimum absolute atomic E-state index is 0.288. The van der Waals surface area contributed by atoms with Crippen molar-refractivity contribution in [3.63, 3.8) is 0 Å². The van der Waals surface area contributed by atoms with Crippen LogP contribution in [0.3, 0.4) is 0 Å². The number of hydrogen-bond donors (Lipinski definition) is 3. The molecule has 3 N–H and O–H groups in total. The average Bonchev–Trinajstić information content (AvgIpc) is 2.72. The number of esters is 1. The van der Waals surface area contributed by atoms with Gasteiger partial charge in [0.1, 0.15) is 11.6 Å². The number of aliphatic hydroxyl groups excluding tert-OH is 1. The van der Waals surface area contributed by atoms with Gasteiger partial charge in [0, 0.05) is 29.1 Å². The van der Waals surface area contributed by atoms with E-state index >= 15 is 0 Å². The summed E-state index contributed by atoms with van der Waals surface area (Å²) in [4.78, 5) is 16.3. The molecule has 0 fully saturated rings. The lowest BCUT2D eigenvalue weighted by Crippen LogP contribution is -2.20. The summed E-state index contributed by atoms with van der Waals surface area (Å²) in [5.41, 5.74) is 3.39. The fraction of sp³-hybridized carbons (Fsp3) is 0.409. The number of ether oxygens (including phenoxy) is 2. The molecule has 29 heavy (non-hydrogen) atoms. The maximum Gasteiger partial charge on any atom is 0.339 e. The normalized spacial score (nSPS) is 11.0. The van der Waals surface area contributed by atoms with Crippen molar-refractivity contribution in [2.45, 2.75) is 47.3 Å². The van der Waals surface area contributed by atoms with Gasteiger partial charge in [0.25, 0.3) is 0 Å². The van der Waals surface area contributed by atoms with Crippen LogP contribution < -0.4 is 10.1 Å². The van der Waals surface area contributed by atoms with Crippen LogP contribution in [0.25, 0.3) is 0 Å². The monoisotopic (exact) mass is 401 g/mol. The van der Waals surface area contributed by atoms with Crippen LogP contribution in [0, 0.1) is 19.3 Å². The number of nitrogens with zero attached hydrogens (tertiary/aromatic N) is 1. The van der Waals surface area contributed by atoms with Crippen molar-refractivity contribution in [1.29, 1.82) is 5.41 Å². The van der Waals surface area contributed by atoms with Crippen LogP contribution in [0.2, 0.25) is 0 Å². The number of anilines is 1. The predicted molar refractivity (Wildman–Crippen MR) is 115 cm³/mol. The first-order chi connectivity index (χ1) is 13.8. The molecular weight excluding hydrogens is 370 g/mol. The molecule has 0 amide bonds. The fourth-order valence-electron chi connectivity index (χ4n) is 3.02. The zero-order chi connectivity index (χ0) is 22.1. The molecule has 1 unspecified atom stereocenters. The van der Waals surface area contributed by atoms with Crippen LogP contribution in [-0.2, 0) is 16.1 Å². The Morgan fingerprint density at radius 1 is 1.21 bits per heavy atom.